The molecule has 2 unspecified atom stereocenters. The van der Waals surface area contributed by atoms with Crippen LogP contribution >= 0.6 is 0 Å². The monoisotopic (exact) mass is 225 g/mol. The highest BCUT2D eigenvalue weighted by Crippen LogP contribution is 2.41. The maximum atomic E-state index is 11.6. The van der Waals surface area contributed by atoms with Crippen molar-refractivity contribution >= 4 is 5.97 Å². The van der Waals surface area contributed by atoms with E-state index in [1.165, 1.54) is 32.4 Å². The number of piperidine rings is 1. The van der Waals surface area contributed by atoms with Gasteiger partial charge in [0.25, 0.3) is 0 Å². The van der Waals surface area contributed by atoms with Gasteiger partial charge in [0.2, 0.25) is 0 Å². The zero-order valence-corrected chi connectivity index (χ0v) is 10.4. The first-order valence-corrected chi connectivity index (χ1v) is 6.55. The SMILES string of the molecule is CCOC(=O)CC1C2CCCC1CN(C)C2. The fraction of sp³-hybridized carbons (Fsp3) is 0.923. The molecule has 2 rings (SSSR count). The van der Waals surface area contributed by atoms with Crippen molar-refractivity contribution in [2.24, 2.45) is 17.8 Å². The van der Waals surface area contributed by atoms with Crippen LogP contribution in [0.1, 0.15) is 32.6 Å². The second kappa shape index (κ2) is 5.17. The number of hydrogen-bond donors (Lipinski definition) is 0. The van der Waals surface area contributed by atoms with Crippen molar-refractivity contribution < 1.29 is 9.53 Å². The molecule has 0 amide bonds. The molecule has 92 valence electrons. The topological polar surface area (TPSA) is 29.5 Å². The van der Waals surface area contributed by atoms with Gasteiger partial charge >= 0.3 is 5.97 Å². The lowest BCUT2D eigenvalue weighted by Crippen LogP contribution is -2.47. The number of esters is 1. The minimum absolute atomic E-state index is 0.00829. The van der Waals surface area contributed by atoms with Gasteiger partial charge in [-0.1, -0.05) is 6.42 Å². The molecule has 0 aromatic carbocycles. The maximum Gasteiger partial charge on any atom is 0.306 e. The summed E-state index contributed by atoms with van der Waals surface area (Å²) >= 11 is 0. The number of rotatable bonds is 3. The lowest BCUT2D eigenvalue weighted by molar-refractivity contribution is -0.146. The zero-order chi connectivity index (χ0) is 11.5. The van der Waals surface area contributed by atoms with E-state index in [-0.39, 0.29) is 5.97 Å². The quantitative estimate of drug-likeness (QED) is 0.687. The third-order valence-corrected chi connectivity index (χ3v) is 4.16. The molecule has 3 heteroatoms. The standard InChI is InChI=1S/C13H23NO2/c1-3-16-13(15)7-12-10-5-4-6-11(12)9-14(2)8-10/h10-12H,3-9H2,1-2H3. The number of nitrogens with zero attached hydrogens (tertiary/aromatic N) is 1. The Morgan fingerprint density at radius 3 is 2.50 bits per heavy atom. The highest BCUT2D eigenvalue weighted by Gasteiger charge is 2.39. The van der Waals surface area contributed by atoms with Crippen molar-refractivity contribution in [2.75, 3.05) is 26.7 Å². The van der Waals surface area contributed by atoms with E-state index < -0.39 is 0 Å². The number of hydrogen-bond acceptors (Lipinski definition) is 3. The van der Waals surface area contributed by atoms with Gasteiger partial charge in [-0.3, -0.25) is 4.79 Å². The molecule has 1 heterocycles. The maximum absolute atomic E-state index is 11.6. The fourth-order valence-corrected chi connectivity index (χ4v) is 3.53. The Morgan fingerprint density at radius 2 is 1.94 bits per heavy atom. The average Bonchev–Trinajstić information content (AvgIpc) is 2.19. The van der Waals surface area contributed by atoms with Gasteiger partial charge in [-0.05, 0) is 44.6 Å². The number of ether oxygens (including phenoxy) is 1. The van der Waals surface area contributed by atoms with E-state index in [1.807, 2.05) is 6.92 Å². The molecule has 0 N–H and O–H groups in total. The lowest BCUT2D eigenvalue weighted by atomic mass is 9.68. The Labute approximate surface area is 98.1 Å². The molecule has 0 spiro atoms. The Bertz CT molecular complexity index is 240. The van der Waals surface area contributed by atoms with Gasteiger partial charge in [0, 0.05) is 19.5 Å². The van der Waals surface area contributed by atoms with Gasteiger partial charge in [0.05, 0.1) is 6.61 Å². The summed E-state index contributed by atoms with van der Waals surface area (Å²) < 4.78 is 5.08. The Morgan fingerprint density at radius 1 is 1.31 bits per heavy atom. The molecular weight excluding hydrogens is 202 g/mol. The molecule has 2 atom stereocenters. The van der Waals surface area contributed by atoms with Crippen molar-refractivity contribution in [1.82, 2.24) is 4.90 Å². The summed E-state index contributed by atoms with van der Waals surface area (Å²) in [6.45, 7) is 4.73. The summed E-state index contributed by atoms with van der Waals surface area (Å²) in [6.07, 6.45) is 4.59. The van der Waals surface area contributed by atoms with Gasteiger partial charge in [0.1, 0.15) is 0 Å². The summed E-state index contributed by atoms with van der Waals surface area (Å²) in [7, 11) is 2.20. The van der Waals surface area contributed by atoms with E-state index in [0.717, 1.165) is 11.8 Å². The van der Waals surface area contributed by atoms with Crippen molar-refractivity contribution in [3.8, 4) is 0 Å². The number of carbonyl (C=O) groups is 1. The predicted octanol–water partition coefficient (Wildman–Crippen LogP) is 1.92. The van der Waals surface area contributed by atoms with Crippen molar-refractivity contribution in [3.63, 3.8) is 0 Å². The van der Waals surface area contributed by atoms with Gasteiger partial charge in [-0.25, -0.2) is 0 Å². The lowest BCUT2D eigenvalue weighted by Gasteiger charge is -2.46. The van der Waals surface area contributed by atoms with E-state index in [2.05, 4.69) is 11.9 Å². The smallest absolute Gasteiger partial charge is 0.306 e. The first-order valence-electron chi connectivity index (χ1n) is 6.55. The minimum Gasteiger partial charge on any atom is -0.466 e. The van der Waals surface area contributed by atoms with Gasteiger partial charge in [0.15, 0.2) is 0 Å². The van der Waals surface area contributed by atoms with Crippen LogP contribution in [0.4, 0.5) is 0 Å². The number of likely N-dealkylation sites (tertiary alicyclic amines) is 1. The second-order valence-corrected chi connectivity index (χ2v) is 5.35. The molecule has 1 saturated heterocycles. The average molecular weight is 225 g/mol. The molecule has 3 nitrogen and oxygen atoms in total. The van der Waals surface area contributed by atoms with Gasteiger partial charge < -0.3 is 9.64 Å². The number of fused-ring (bicyclic) bond motifs is 2. The second-order valence-electron chi connectivity index (χ2n) is 5.35. The third kappa shape index (κ3) is 2.57. The predicted molar refractivity (Wildman–Crippen MR) is 63.1 cm³/mol. The highest BCUT2D eigenvalue weighted by molar-refractivity contribution is 5.69. The van der Waals surface area contributed by atoms with Gasteiger partial charge in [-0.15, -0.1) is 0 Å². The van der Waals surface area contributed by atoms with Crippen LogP contribution in [-0.4, -0.2) is 37.6 Å². The summed E-state index contributed by atoms with van der Waals surface area (Å²) in [5, 5.41) is 0. The van der Waals surface area contributed by atoms with Crippen LogP contribution in [0.15, 0.2) is 0 Å². The molecule has 1 aliphatic carbocycles. The normalized spacial score (nSPS) is 34.8. The highest BCUT2D eigenvalue weighted by atomic mass is 16.5. The summed E-state index contributed by atoms with van der Waals surface area (Å²) in [5.74, 6) is 2.04. The molecule has 1 aliphatic heterocycles. The van der Waals surface area contributed by atoms with Crippen LogP contribution in [0.5, 0.6) is 0 Å². The summed E-state index contributed by atoms with van der Waals surface area (Å²) in [4.78, 5) is 14.0. The molecule has 2 fully saturated rings. The van der Waals surface area contributed by atoms with E-state index >= 15 is 0 Å². The Balaban J connectivity index is 1.95. The molecule has 0 radical (unpaired) electrons. The van der Waals surface area contributed by atoms with E-state index in [9.17, 15) is 4.79 Å². The fourth-order valence-electron chi connectivity index (χ4n) is 3.53. The summed E-state index contributed by atoms with van der Waals surface area (Å²) in [5.41, 5.74) is 0. The molecule has 0 aromatic heterocycles. The third-order valence-electron chi connectivity index (χ3n) is 4.16. The largest absolute Gasteiger partial charge is 0.466 e. The van der Waals surface area contributed by atoms with Gasteiger partial charge in [-0.2, -0.15) is 0 Å². The van der Waals surface area contributed by atoms with E-state index in [0.29, 0.717) is 18.9 Å². The van der Waals surface area contributed by atoms with Crippen LogP contribution in [0.2, 0.25) is 0 Å². The van der Waals surface area contributed by atoms with Crippen LogP contribution in [0.3, 0.4) is 0 Å². The van der Waals surface area contributed by atoms with E-state index in [4.69, 9.17) is 4.74 Å². The van der Waals surface area contributed by atoms with E-state index in [1.54, 1.807) is 0 Å². The first-order chi connectivity index (χ1) is 7.70. The number of carbonyl (C=O) groups excluding carboxylic acids is 1. The van der Waals surface area contributed by atoms with Crippen molar-refractivity contribution in [3.05, 3.63) is 0 Å². The molecule has 2 aliphatic rings. The van der Waals surface area contributed by atoms with Crippen LogP contribution in [-0.2, 0) is 9.53 Å². The molecule has 1 saturated carbocycles. The minimum atomic E-state index is 0.00829. The van der Waals surface area contributed by atoms with Crippen molar-refractivity contribution in [2.45, 2.75) is 32.6 Å². The van der Waals surface area contributed by atoms with Crippen molar-refractivity contribution in [1.29, 1.82) is 0 Å². The Hall–Kier alpha value is -0.570. The van der Waals surface area contributed by atoms with Crippen LogP contribution in [0.25, 0.3) is 0 Å². The Kier molecular flexibility index (Phi) is 3.85. The molecule has 0 aromatic rings. The summed E-state index contributed by atoms with van der Waals surface area (Å²) in [6, 6.07) is 0. The first kappa shape index (κ1) is 11.9. The zero-order valence-electron chi connectivity index (χ0n) is 10.4. The molecule has 2 bridgehead atoms. The van der Waals surface area contributed by atoms with Crippen LogP contribution in [0, 0.1) is 17.8 Å². The molecule has 16 heavy (non-hydrogen) atoms. The molecular formula is C13H23NO2. The van der Waals surface area contributed by atoms with Crippen LogP contribution < -0.4 is 0 Å².